The van der Waals surface area contributed by atoms with Gasteiger partial charge in [0.1, 0.15) is 6.54 Å². The van der Waals surface area contributed by atoms with Gasteiger partial charge in [-0.3, -0.25) is 19.7 Å². The quantitative estimate of drug-likeness (QED) is 0.704. The summed E-state index contributed by atoms with van der Waals surface area (Å²) in [5.74, 6) is -1.45. The molecule has 0 aliphatic carbocycles. The number of nitrogens with one attached hydrogen (secondary N) is 2. The lowest BCUT2D eigenvalue weighted by Gasteiger charge is -2.19. The highest BCUT2D eigenvalue weighted by Gasteiger charge is 2.20. The molecule has 124 valence electrons. The van der Waals surface area contributed by atoms with Crippen LogP contribution in [-0.4, -0.2) is 54.5 Å². The van der Waals surface area contributed by atoms with E-state index in [-0.39, 0.29) is 18.5 Å². The highest BCUT2D eigenvalue weighted by Crippen LogP contribution is 2.10. The molecule has 0 aromatic heterocycles. The number of rotatable bonds is 5. The number of esters is 1. The molecule has 0 aromatic rings. The summed E-state index contributed by atoms with van der Waals surface area (Å²) in [6.45, 7) is 3.32. The Morgan fingerprint density at radius 1 is 1.23 bits per heavy atom. The third-order valence-electron chi connectivity index (χ3n) is 3.03. The largest absolute Gasteiger partial charge is 0.454 e. The van der Waals surface area contributed by atoms with Gasteiger partial charge in [-0.05, 0) is 26.7 Å². The van der Waals surface area contributed by atoms with Crippen LogP contribution in [0.15, 0.2) is 0 Å². The zero-order chi connectivity index (χ0) is 16.5. The number of urea groups is 1. The highest BCUT2D eigenvalue weighted by atomic mass is 16.5. The molecule has 1 aliphatic heterocycles. The van der Waals surface area contributed by atoms with Gasteiger partial charge >= 0.3 is 12.0 Å². The van der Waals surface area contributed by atoms with Gasteiger partial charge in [0.25, 0.3) is 5.91 Å². The molecule has 4 amide bonds. The number of hydrogen-bond acceptors (Lipinski definition) is 5. The van der Waals surface area contributed by atoms with Crippen molar-refractivity contribution in [3.8, 4) is 0 Å². The molecule has 8 heteroatoms. The van der Waals surface area contributed by atoms with Crippen molar-refractivity contribution in [3.63, 3.8) is 0 Å². The van der Waals surface area contributed by atoms with Crippen LogP contribution in [-0.2, 0) is 19.1 Å². The smallest absolute Gasteiger partial charge is 0.326 e. The summed E-state index contributed by atoms with van der Waals surface area (Å²) in [5, 5.41) is 4.52. The molecule has 0 aromatic carbocycles. The van der Waals surface area contributed by atoms with E-state index in [1.807, 2.05) is 5.32 Å². The van der Waals surface area contributed by atoms with Crippen LogP contribution in [0, 0.1) is 0 Å². The maximum Gasteiger partial charge on any atom is 0.326 e. The second-order valence-corrected chi connectivity index (χ2v) is 5.46. The molecule has 1 aliphatic rings. The van der Waals surface area contributed by atoms with Crippen molar-refractivity contribution >= 4 is 23.8 Å². The average molecular weight is 313 g/mol. The molecule has 1 rings (SSSR count). The minimum Gasteiger partial charge on any atom is -0.454 e. The Bertz CT molecular complexity index is 436. The summed E-state index contributed by atoms with van der Waals surface area (Å²) in [5.41, 5.74) is 0. The number of imide groups is 1. The van der Waals surface area contributed by atoms with Crippen LogP contribution in [0.25, 0.3) is 0 Å². The topological polar surface area (TPSA) is 105 Å². The summed E-state index contributed by atoms with van der Waals surface area (Å²) in [7, 11) is 0. The molecule has 0 radical (unpaired) electrons. The van der Waals surface area contributed by atoms with Crippen molar-refractivity contribution in [3.05, 3.63) is 0 Å². The fourth-order valence-corrected chi connectivity index (χ4v) is 2.01. The predicted molar refractivity (Wildman–Crippen MR) is 77.8 cm³/mol. The molecule has 0 spiro atoms. The van der Waals surface area contributed by atoms with Gasteiger partial charge in [-0.15, -0.1) is 0 Å². The van der Waals surface area contributed by atoms with E-state index in [9.17, 15) is 19.2 Å². The lowest BCUT2D eigenvalue weighted by atomic mass is 10.2. The molecule has 1 fully saturated rings. The summed E-state index contributed by atoms with van der Waals surface area (Å²) in [4.78, 5) is 47.5. The molecular weight excluding hydrogens is 290 g/mol. The van der Waals surface area contributed by atoms with E-state index in [1.165, 1.54) is 4.90 Å². The van der Waals surface area contributed by atoms with Crippen LogP contribution >= 0.6 is 0 Å². The minimum absolute atomic E-state index is 0.0739. The van der Waals surface area contributed by atoms with Crippen molar-refractivity contribution in [1.29, 1.82) is 0 Å². The van der Waals surface area contributed by atoms with Crippen LogP contribution in [0.4, 0.5) is 4.79 Å². The Labute approximate surface area is 129 Å². The zero-order valence-corrected chi connectivity index (χ0v) is 13.0. The lowest BCUT2D eigenvalue weighted by Crippen LogP contribution is -2.44. The number of likely N-dealkylation sites (tertiary alicyclic amines) is 1. The fourth-order valence-electron chi connectivity index (χ4n) is 2.01. The second kappa shape index (κ2) is 9.01. The van der Waals surface area contributed by atoms with Gasteiger partial charge in [0.05, 0.1) is 0 Å². The van der Waals surface area contributed by atoms with Crippen LogP contribution in [0.5, 0.6) is 0 Å². The van der Waals surface area contributed by atoms with Crippen molar-refractivity contribution in [2.45, 2.75) is 45.6 Å². The summed E-state index contributed by atoms with van der Waals surface area (Å²) >= 11 is 0. The average Bonchev–Trinajstić information content (AvgIpc) is 2.61. The van der Waals surface area contributed by atoms with E-state index in [0.29, 0.717) is 13.0 Å². The summed E-state index contributed by atoms with van der Waals surface area (Å²) < 4.78 is 4.78. The first-order chi connectivity index (χ1) is 10.4. The number of hydrogen-bond donors (Lipinski definition) is 2. The van der Waals surface area contributed by atoms with Crippen molar-refractivity contribution < 1.29 is 23.9 Å². The molecule has 22 heavy (non-hydrogen) atoms. The van der Waals surface area contributed by atoms with Gasteiger partial charge in [-0.25, -0.2) is 4.79 Å². The van der Waals surface area contributed by atoms with Gasteiger partial charge in [0.2, 0.25) is 5.91 Å². The number of ether oxygens (including phenoxy) is 1. The van der Waals surface area contributed by atoms with E-state index < -0.39 is 24.5 Å². The lowest BCUT2D eigenvalue weighted by molar-refractivity contribution is -0.152. The van der Waals surface area contributed by atoms with Crippen LogP contribution < -0.4 is 10.6 Å². The molecule has 0 atom stereocenters. The number of amides is 4. The first-order valence-electron chi connectivity index (χ1n) is 7.42. The van der Waals surface area contributed by atoms with Crippen molar-refractivity contribution in [1.82, 2.24) is 15.5 Å². The van der Waals surface area contributed by atoms with E-state index >= 15 is 0 Å². The maximum atomic E-state index is 11.7. The van der Waals surface area contributed by atoms with Crippen LogP contribution in [0.2, 0.25) is 0 Å². The first kappa shape index (κ1) is 17.9. The van der Waals surface area contributed by atoms with Crippen LogP contribution in [0.3, 0.4) is 0 Å². The summed E-state index contributed by atoms with van der Waals surface area (Å²) in [6, 6.07) is -0.747. The van der Waals surface area contributed by atoms with Gasteiger partial charge < -0.3 is 15.0 Å². The molecule has 2 N–H and O–H groups in total. The van der Waals surface area contributed by atoms with E-state index in [2.05, 4.69) is 5.32 Å². The third-order valence-corrected chi connectivity index (χ3v) is 3.03. The Hall–Kier alpha value is -2.12. The Balaban J connectivity index is 2.28. The number of nitrogens with zero attached hydrogens (tertiary/aromatic N) is 1. The van der Waals surface area contributed by atoms with Gasteiger partial charge in [-0.1, -0.05) is 6.42 Å². The Morgan fingerprint density at radius 2 is 1.95 bits per heavy atom. The molecule has 0 saturated carbocycles. The molecule has 1 heterocycles. The fraction of sp³-hybridized carbons (Fsp3) is 0.714. The highest BCUT2D eigenvalue weighted by molar-refractivity contribution is 5.95. The first-order valence-corrected chi connectivity index (χ1v) is 7.42. The second-order valence-electron chi connectivity index (χ2n) is 5.46. The normalized spacial score (nSPS) is 15.2. The predicted octanol–water partition coefficient (Wildman–Crippen LogP) is 0.166. The molecule has 8 nitrogen and oxygen atoms in total. The molecular formula is C14H23N3O5. The SMILES string of the molecule is CC(C)NC(=O)NC(=O)COC(=O)CN1CCCCCC1=O. The molecule has 1 saturated heterocycles. The molecule has 0 unspecified atom stereocenters. The number of carbonyl (C=O) groups excluding carboxylic acids is 4. The third kappa shape index (κ3) is 7.05. The van der Waals surface area contributed by atoms with Gasteiger partial charge in [-0.2, -0.15) is 0 Å². The standard InChI is InChI=1S/C14H23N3O5/c1-10(2)15-14(21)16-11(18)9-22-13(20)8-17-7-5-3-4-6-12(17)19/h10H,3-9H2,1-2H3,(H2,15,16,18,21). The van der Waals surface area contributed by atoms with Crippen molar-refractivity contribution in [2.24, 2.45) is 0 Å². The van der Waals surface area contributed by atoms with Gasteiger partial charge in [0, 0.05) is 19.0 Å². The summed E-state index contributed by atoms with van der Waals surface area (Å²) in [6.07, 6.45) is 3.08. The van der Waals surface area contributed by atoms with Gasteiger partial charge in [0.15, 0.2) is 6.61 Å². The monoisotopic (exact) mass is 313 g/mol. The Kier molecular flexibility index (Phi) is 7.34. The van der Waals surface area contributed by atoms with E-state index in [4.69, 9.17) is 4.74 Å². The Morgan fingerprint density at radius 3 is 2.64 bits per heavy atom. The van der Waals surface area contributed by atoms with Crippen LogP contribution in [0.1, 0.15) is 39.5 Å². The minimum atomic E-state index is -0.714. The zero-order valence-electron chi connectivity index (χ0n) is 13.0. The number of carbonyl (C=O) groups is 4. The maximum absolute atomic E-state index is 11.7. The van der Waals surface area contributed by atoms with Crippen molar-refractivity contribution in [2.75, 3.05) is 19.7 Å². The molecule has 0 bridgehead atoms. The van der Waals surface area contributed by atoms with E-state index in [1.54, 1.807) is 13.8 Å². The van der Waals surface area contributed by atoms with E-state index in [0.717, 1.165) is 19.3 Å².